The lowest BCUT2D eigenvalue weighted by molar-refractivity contribution is -0.200. The third kappa shape index (κ3) is 6.16. The Kier molecular flexibility index (Phi) is 8.11. The van der Waals surface area contributed by atoms with Crippen LogP contribution in [0.5, 0.6) is 5.75 Å². The molecule has 0 amide bonds. The van der Waals surface area contributed by atoms with Crippen molar-refractivity contribution >= 4 is 28.2 Å². The van der Waals surface area contributed by atoms with Crippen LogP contribution in [-0.2, 0) is 11.3 Å². The summed E-state index contributed by atoms with van der Waals surface area (Å²) in [6.45, 7) is 2.73. The van der Waals surface area contributed by atoms with Crippen LogP contribution in [0.4, 0.5) is 28.9 Å². The first-order chi connectivity index (χ1) is 21.0. The summed E-state index contributed by atoms with van der Waals surface area (Å²) in [5, 5.41) is 16.2. The monoisotopic (exact) mass is 614 g/mol. The molecule has 2 aliphatic heterocycles. The predicted octanol–water partition coefficient (Wildman–Crippen LogP) is 5.57. The van der Waals surface area contributed by atoms with Gasteiger partial charge in [-0.25, -0.2) is 9.18 Å². The topological polar surface area (TPSA) is 88.0 Å². The molecule has 2 aromatic carbocycles. The number of benzene rings is 2. The first-order valence-corrected chi connectivity index (χ1v) is 14.7. The average molecular weight is 615 g/mol. The van der Waals surface area contributed by atoms with Gasteiger partial charge in [-0.3, -0.25) is 4.90 Å². The quantitative estimate of drug-likeness (QED) is 0.226. The Morgan fingerprint density at radius 3 is 2.52 bits per heavy atom. The van der Waals surface area contributed by atoms with Gasteiger partial charge in [0.15, 0.2) is 0 Å². The number of halogens is 4. The molecule has 0 unspecified atom stereocenters. The number of hydrogen-bond donors (Lipinski definition) is 3. The van der Waals surface area contributed by atoms with Gasteiger partial charge in [0.05, 0.1) is 49.3 Å². The molecule has 0 atom stereocenters. The number of anilines is 2. The van der Waals surface area contributed by atoms with Gasteiger partial charge in [0.25, 0.3) is 0 Å². The fraction of sp³-hybridized carbons (Fsp3) is 0.469. The Morgan fingerprint density at radius 2 is 1.89 bits per heavy atom. The largest absolute Gasteiger partial charge is 0.495 e. The highest BCUT2D eigenvalue weighted by Crippen LogP contribution is 2.41. The van der Waals surface area contributed by atoms with Gasteiger partial charge in [-0.05, 0) is 55.9 Å². The molecule has 3 heterocycles. The minimum Gasteiger partial charge on any atom is -0.495 e. The molecule has 1 aromatic heterocycles. The van der Waals surface area contributed by atoms with Crippen molar-refractivity contribution in [2.24, 2.45) is 5.41 Å². The van der Waals surface area contributed by atoms with Crippen LogP contribution in [0.2, 0.25) is 0 Å². The zero-order valence-electron chi connectivity index (χ0n) is 24.3. The summed E-state index contributed by atoms with van der Waals surface area (Å²) in [7, 11) is 1.31. The Bertz CT molecular complexity index is 1610. The van der Waals surface area contributed by atoms with Crippen LogP contribution in [0, 0.1) is 23.1 Å². The van der Waals surface area contributed by atoms with Crippen molar-refractivity contribution in [1.29, 1.82) is 0 Å². The van der Waals surface area contributed by atoms with Gasteiger partial charge < -0.3 is 29.8 Å². The number of aromatic nitrogens is 1. The molecular formula is C32H34F4N4O4. The van der Waals surface area contributed by atoms with Crippen LogP contribution >= 0.6 is 0 Å². The molecule has 12 heteroatoms. The van der Waals surface area contributed by atoms with Crippen molar-refractivity contribution in [2.75, 3.05) is 50.6 Å². The number of fused-ring (bicyclic) bond motifs is 1. The molecule has 3 N–H and O–H groups in total. The van der Waals surface area contributed by atoms with Crippen LogP contribution in [0.25, 0.3) is 10.9 Å². The highest BCUT2D eigenvalue weighted by atomic mass is 19.4. The lowest BCUT2D eigenvalue weighted by Crippen LogP contribution is -2.68. The van der Waals surface area contributed by atoms with Crippen molar-refractivity contribution in [3.8, 4) is 17.6 Å². The fourth-order valence-electron chi connectivity index (χ4n) is 6.61. The number of nitrogens with zero attached hydrogens (tertiary/aromatic N) is 2. The van der Waals surface area contributed by atoms with E-state index in [1.807, 2.05) is 6.07 Å². The van der Waals surface area contributed by atoms with Gasteiger partial charge in [-0.2, -0.15) is 13.2 Å². The van der Waals surface area contributed by atoms with E-state index in [1.165, 1.54) is 7.11 Å². The molecule has 0 radical (unpaired) electrons. The molecule has 3 aromatic rings. The zero-order chi connectivity index (χ0) is 31.1. The number of carboxylic acid groups (broad SMARTS) is 1. The number of likely N-dealkylation sites (tertiary alicyclic amines) is 1. The van der Waals surface area contributed by atoms with E-state index in [2.05, 4.69) is 27.4 Å². The van der Waals surface area contributed by atoms with Gasteiger partial charge in [-0.15, -0.1) is 0 Å². The fourth-order valence-corrected chi connectivity index (χ4v) is 6.61. The van der Waals surface area contributed by atoms with Crippen molar-refractivity contribution in [3.05, 3.63) is 53.5 Å². The molecular weight excluding hydrogens is 580 g/mol. The average Bonchev–Trinajstić information content (AvgIpc) is 3.27. The predicted molar refractivity (Wildman–Crippen MR) is 158 cm³/mol. The summed E-state index contributed by atoms with van der Waals surface area (Å²) in [6, 6.07) is 9.82. The van der Waals surface area contributed by atoms with Gasteiger partial charge in [0.2, 0.25) is 0 Å². The van der Waals surface area contributed by atoms with E-state index in [0.717, 1.165) is 74.4 Å². The second-order valence-corrected chi connectivity index (χ2v) is 12.0. The number of methoxy groups -OCH3 is 1. The summed E-state index contributed by atoms with van der Waals surface area (Å²) in [6.07, 6.45) is -0.325. The molecule has 2 saturated heterocycles. The molecule has 234 valence electrons. The number of nitrogens with one attached hydrogen (secondary N) is 2. The third-order valence-corrected chi connectivity index (χ3v) is 8.85. The number of ether oxygens (including phenoxy) is 2. The highest BCUT2D eigenvalue weighted by Gasteiger charge is 2.50. The SMILES string of the molecule is COc1cc(C(=O)O)c(F)cc1NCC#Cc1cc2c(N[C@H]3CC[C@@H](N4CC5(COC5)C4)CC3)cccc2n1CC(F)(F)F. The number of rotatable bonds is 8. The van der Waals surface area contributed by atoms with Crippen molar-refractivity contribution in [3.63, 3.8) is 0 Å². The smallest absolute Gasteiger partial charge is 0.406 e. The maximum Gasteiger partial charge on any atom is 0.406 e. The van der Waals surface area contributed by atoms with Crippen LogP contribution in [0.15, 0.2) is 36.4 Å². The highest BCUT2D eigenvalue weighted by molar-refractivity contribution is 5.94. The number of aromatic carboxylic acids is 1. The summed E-state index contributed by atoms with van der Waals surface area (Å²) in [5.74, 6) is 3.36. The molecule has 8 nitrogen and oxygen atoms in total. The van der Waals surface area contributed by atoms with E-state index >= 15 is 0 Å². The van der Waals surface area contributed by atoms with Crippen LogP contribution in [0.3, 0.4) is 0 Å². The molecule has 44 heavy (non-hydrogen) atoms. The summed E-state index contributed by atoms with van der Waals surface area (Å²) < 4.78 is 66.8. The third-order valence-electron chi connectivity index (χ3n) is 8.85. The standard InChI is InChI=1S/C32H34F4N4O4/c1-43-29-13-23(30(41)42)25(33)14-27(29)37-11-3-4-22-12-24-26(5-2-6-28(24)40(22)17-32(34,35)36)38-20-7-9-21(10-8-20)39-15-31(16-39)18-44-19-31/h2,5-6,12-14,20-21,37-38H,7-11,15-19H2,1H3,(H,41,42)/t20-,21+. The van der Waals surface area contributed by atoms with Gasteiger partial charge in [0.1, 0.15) is 18.1 Å². The molecule has 0 bridgehead atoms. The van der Waals surface area contributed by atoms with Gasteiger partial charge in [0, 0.05) is 47.7 Å². The van der Waals surface area contributed by atoms with Crippen LogP contribution in [-0.4, -0.2) is 78.8 Å². The molecule has 1 saturated carbocycles. The zero-order valence-corrected chi connectivity index (χ0v) is 24.3. The first kappa shape index (κ1) is 30.1. The number of carboxylic acids is 1. The minimum atomic E-state index is -4.46. The Labute approximate surface area is 252 Å². The Morgan fingerprint density at radius 1 is 1.14 bits per heavy atom. The van der Waals surface area contributed by atoms with Crippen LogP contribution in [0.1, 0.15) is 41.7 Å². The lowest BCUT2D eigenvalue weighted by atomic mass is 9.75. The molecule has 1 spiro atoms. The molecule has 1 aliphatic carbocycles. The minimum absolute atomic E-state index is 0.0464. The first-order valence-electron chi connectivity index (χ1n) is 14.7. The van der Waals surface area contributed by atoms with Crippen molar-refractivity contribution in [1.82, 2.24) is 9.47 Å². The normalized spacial score (nSPS) is 21.2. The Hall–Kier alpha value is -3.95. The second kappa shape index (κ2) is 11.9. The molecule has 6 rings (SSSR count). The second-order valence-electron chi connectivity index (χ2n) is 12.0. The lowest BCUT2D eigenvalue weighted by Gasteiger charge is -2.58. The summed E-state index contributed by atoms with van der Waals surface area (Å²) in [4.78, 5) is 13.8. The van der Waals surface area contributed by atoms with E-state index in [-0.39, 0.29) is 29.7 Å². The maximum atomic E-state index is 14.2. The Balaban J connectivity index is 1.16. The number of hydrogen-bond acceptors (Lipinski definition) is 6. The number of alkyl halides is 3. The summed E-state index contributed by atoms with van der Waals surface area (Å²) >= 11 is 0. The van der Waals surface area contributed by atoms with E-state index in [4.69, 9.17) is 14.6 Å². The van der Waals surface area contributed by atoms with E-state index in [0.29, 0.717) is 22.4 Å². The molecule has 3 fully saturated rings. The van der Waals surface area contributed by atoms with Gasteiger partial charge in [-0.1, -0.05) is 12.0 Å². The van der Waals surface area contributed by atoms with E-state index in [9.17, 15) is 22.4 Å². The van der Waals surface area contributed by atoms with Crippen molar-refractivity contribution in [2.45, 2.75) is 50.5 Å². The van der Waals surface area contributed by atoms with Crippen molar-refractivity contribution < 1.29 is 36.9 Å². The van der Waals surface area contributed by atoms with E-state index in [1.54, 1.807) is 18.2 Å². The van der Waals surface area contributed by atoms with E-state index < -0.39 is 30.1 Å². The molecule has 3 aliphatic rings. The van der Waals surface area contributed by atoms with Crippen LogP contribution < -0.4 is 15.4 Å². The van der Waals surface area contributed by atoms with Gasteiger partial charge >= 0.3 is 12.1 Å². The number of carbonyl (C=O) groups is 1. The maximum absolute atomic E-state index is 14.2. The summed E-state index contributed by atoms with van der Waals surface area (Å²) in [5.41, 5.74) is 1.43.